The molecule has 6 nitrogen and oxygen atoms in total. The molecule has 0 atom stereocenters. The lowest BCUT2D eigenvalue weighted by Gasteiger charge is -2.24. The summed E-state index contributed by atoms with van der Waals surface area (Å²) in [5.41, 5.74) is 2.06. The van der Waals surface area contributed by atoms with Gasteiger partial charge in [-0.1, -0.05) is 31.3 Å². The van der Waals surface area contributed by atoms with Crippen molar-refractivity contribution < 1.29 is 4.79 Å². The van der Waals surface area contributed by atoms with Crippen LogP contribution in [0.3, 0.4) is 0 Å². The highest BCUT2D eigenvalue weighted by molar-refractivity contribution is 7.13. The molecule has 2 N–H and O–H groups in total. The lowest BCUT2D eigenvalue weighted by atomic mass is 9.91. The lowest BCUT2D eigenvalue weighted by Crippen LogP contribution is -2.26. The van der Waals surface area contributed by atoms with E-state index in [1.165, 1.54) is 16.2 Å². The van der Waals surface area contributed by atoms with Crippen molar-refractivity contribution >= 4 is 39.5 Å². The quantitative estimate of drug-likeness (QED) is 0.702. The first kappa shape index (κ1) is 16.5. The Morgan fingerprint density at radius 2 is 2.12 bits per heavy atom. The van der Waals surface area contributed by atoms with Crippen molar-refractivity contribution in [1.29, 1.82) is 0 Å². The Bertz CT molecular complexity index is 783. The molecule has 0 aliphatic carbocycles. The second-order valence-electron chi connectivity index (χ2n) is 5.84. The number of pyridine rings is 1. The van der Waals surface area contributed by atoms with Crippen LogP contribution in [0.25, 0.3) is 0 Å². The lowest BCUT2D eigenvalue weighted by molar-refractivity contribution is 0.102. The first-order valence-electron chi connectivity index (χ1n) is 7.36. The Kier molecular flexibility index (Phi) is 4.86. The van der Waals surface area contributed by atoms with Crippen molar-refractivity contribution in [2.75, 3.05) is 17.2 Å². The van der Waals surface area contributed by atoms with E-state index in [9.17, 15) is 4.79 Å². The van der Waals surface area contributed by atoms with Crippen LogP contribution in [0.4, 0.5) is 10.9 Å². The normalized spacial score (nSPS) is 11.2. The summed E-state index contributed by atoms with van der Waals surface area (Å²) < 4.78 is 0. The Morgan fingerprint density at radius 1 is 1.25 bits per heavy atom. The van der Waals surface area contributed by atoms with Crippen LogP contribution in [0.15, 0.2) is 41.4 Å². The number of aromatic nitrogens is 3. The van der Waals surface area contributed by atoms with Gasteiger partial charge in [0, 0.05) is 23.0 Å². The van der Waals surface area contributed by atoms with Crippen molar-refractivity contribution in [2.24, 2.45) is 0 Å². The molecular formula is C16H17N5OS2. The molecule has 3 rings (SSSR count). The van der Waals surface area contributed by atoms with E-state index in [2.05, 4.69) is 57.2 Å². The number of carbonyl (C=O) groups excluding carboxylic acids is 1. The zero-order valence-electron chi connectivity index (χ0n) is 13.3. The number of amides is 1. The fourth-order valence-corrected chi connectivity index (χ4v) is 3.38. The molecule has 1 amide bonds. The standard InChI is InChI=1S/C16H17N5OS2/c1-16(2,12-4-3-7-23-12)9-18-13-6-5-11(8-17-13)14(22)20-15-21-19-10-24-15/h3-8,10H,9H2,1-2H3,(H,17,18)(H,20,21,22). The monoisotopic (exact) mass is 359 g/mol. The van der Waals surface area contributed by atoms with E-state index in [4.69, 9.17) is 0 Å². The minimum Gasteiger partial charge on any atom is -0.369 e. The van der Waals surface area contributed by atoms with E-state index in [0.29, 0.717) is 10.7 Å². The maximum Gasteiger partial charge on any atom is 0.259 e. The molecule has 0 radical (unpaired) electrons. The van der Waals surface area contributed by atoms with Gasteiger partial charge >= 0.3 is 0 Å². The molecule has 0 aliphatic rings. The van der Waals surface area contributed by atoms with E-state index in [1.54, 1.807) is 35.2 Å². The molecular weight excluding hydrogens is 342 g/mol. The second kappa shape index (κ2) is 7.06. The molecule has 124 valence electrons. The number of thiophene rings is 1. The molecule has 0 fully saturated rings. The van der Waals surface area contributed by atoms with Gasteiger partial charge in [-0.15, -0.1) is 21.5 Å². The van der Waals surface area contributed by atoms with E-state index in [-0.39, 0.29) is 11.3 Å². The van der Waals surface area contributed by atoms with Gasteiger partial charge in [0.1, 0.15) is 11.3 Å². The van der Waals surface area contributed by atoms with Gasteiger partial charge in [0.25, 0.3) is 5.91 Å². The minimum atomic E-state index is -0.246. The fourth-order valence-electron chi connectivity index (χ4n) is 2.09. The molecule has 0 saturated carbocycles. The molecule has 3 heterocycles. The first-order valence-corrected chi connectivity index (χ1v) is 9.12. The summed E-state index contributed by atoms with van der Waals surface area (Å²) in [6, 6.07) is 7.75. The predicted octanol–water partition coefficient (Wildman–Crippen LogP) is 3.64. The molecule has 3 aromatic rings. The number of nitrogens with zero attached hydrogens (tertiary/aromatic N) is 3. The molecule has 0 bridgehead atoms. The molecule has 3 aromatic heterocycles. The van der Waals surface area contributed by atoms with Crippen molar-refractivity contribution in [1.82, 2.24) is 15.2 Å². The number of anilines is 2. The predicted molar refractivity (Wildman–Crippen MR) is 97.9 cm³/mol. The van der Waals surface area contributed by atoms with Crippen LogP contribution in [0.5, 0.6) is 0 Å². The van der Waals surface area contributed by atoms with Crippen molar-refractivity contribution in [3.63, 3.8) is 0 Å². The number of rotatable bonds is 6. The van der Waals surface area contributed by atoms with Gasteiger partial charge in [-0.2, -0.15) is 0 Å². The second-order valence-corrected chi connectivity index (χ2v) is 7.63. The average Bonchev–Trinajstić information content (AvgIpc) is 3.27. The minimum absolute atomic E-state index is 0.0176. The van der Waals surface area contributed by atoms with Crippen molar-refractivity contribution in [3.8, 4) is 0 Å². The van der Waals surface area contributed by atoms with Crippen molar-refractivity contribution in [2.45, 2.75) is 19.3 Å². The van der Waals surface area contributed by atoms with Gasteiger partial charge in [-0.25, -0.2) is 4.98 Å². The van der Waals surface area contributed by atoms with Crippen LogP contribution in [0.1, 0.15) is 29.1 Å². The van der Waals surface area contributed by atoms with E-state index >= 15 is 0 Å². The Balaban J connectivity index is 1.59. The van der Waals surface area contributed by atoms with E-state index < -0.39 is 0 Å². The van der Waals surface area contributed by atoms with Gasteiger partial charge < -0.3 is 5.32 Å². The summed E-state index contributed by atoms with van der Waals surface area (Å²) in [6.45, 7) is 5.14. The smallest absolute Gasteiger partial charge is 0.259 e. The zero-order chi connectivity index (χ0) is 17.0. The van der Waals surface area contributed by atoms with Crippen LogP contribution in [-0.2, 0) is 5.41 Å². The number of hydrogen-bond acceptors (Lipinski definition) is 7. The molecule has 0 aliphatic heterocycles. The Hall–Kier alpha value is -2.32. The summed E-state index contributed by atoms with van der Waals surface area (Å²) in [4.78, 5) is 17.7. The van der Waals surface area contributed by atoms with Crippen LogP contribution < -0.4 is 10.6 Å². The maximum absolute atomic E-state index is 12.1. The molecule has 0 spiro atoms. The van der Waals surface area contributed by atoms with Gasteiger partial charge in [0.05, 0.1) is 5.56 Å². The van der Waals surface area contributed by atoms with Crippen LogP contribution in [0.2, 0.25) is 0 Å². The number of hydrogen-bond donors (Lipinski definition) is 2. The SMILES string of the molecule is CC(C)(CNc1ccc(C(=O)Nc2nncs2)cn1)c1cccs1. The van der Waals surface area contributed by atoms with Gasteiger partial charge in [-0.3, -0.25) is 10.1 Å². The summed E-state index contributed by atoms with van der Waals surface area (Å²) in [5.74, 6) is 0.497. The molecule has 0 saturated heterocycles. The van der Waals surface area contributed by atoms with Crippen LogP contribution in [0, 0.1) is 0 Å². The summed E-state index contributed by atoms with van der Waals surface area (Å²) in [5, 5.41) is 16.0. The molecule has 0 aromatic carbocycles. The highest BCUT2D eigenvalue weighted by Gasteiger charge is 2.21. The molecule has 8 heteroatoms. The van der Waals surface area contributed by atoms with Gasteiger partial charge in [-0.05, 0) is 23.6 Å². The van der Waals surface area contributed by atoms with Gasteiger partial charge in [0.15, 0.2) is 0 Å². The zero-order valence-corrected chi connectivity index (χ0v) is 14.9. The molecule has 24 heavy (non-hydrogen) atoms. The number of carbonyl (C=O) groups is 1. The highest BCUT2D eigenvalue weighted by atomic mass is 32.1. The molecule has 0 unspecified atom stereocenters. The Labute approximate surface area is 148 Å². The number of nitrogens with one attached hydrogen (secondary N) is 2. The maximum atomic E-state index is 12.1. The first-order chi connectivity index (χ1) is 11.5. The Morgan fingerprint density at radius 3 is 2.75 bits per heavy atom. The third-order valence-electron chi connectivity index (χ3n) is 3.51. The van der Waals surface area contributed by atoms with E-state index in [1.807, 2.05) is 0 Å². The van der Waals surface area contributed by atoms with Crippen molar-refractivity contribution in [3.05, 3.63) is 51.8 Å². The highest BCUT2D eigenvalue weighted by Crippen LogP contribution is 2.27. The third-order valence-corrected chi connectivity index (χ3v) is 5.35. The fraction of sp³-hybridized carbons (Fsp3) is 0.250. The summed E-state index contributed by atoms with van der Waals surface area (Å²) in [7, 11) is 0. The third kappa shape index (κ3) is 3.95. The average molecular weight is 359 g/mol. The van der Waals surface area contributed by atoms with Crippen LogP contribution >= 0.6 is 22.7 Å². The van der Waals surface area contributed by atoms with Gasteiger partial charge in [0.2, 0.25) is 5.13 Å². The van der Waals surface area contributed by atoms with Crippen LogP contribution in [-0.4, -0.2) is 27.6 Å². The largest absolute Gasteiger partial charge is 0.369 e. The summed E-state index contributed by atoms with van der Waals surface area (Å²) >= 11 is 3.02. The van der Waals surface area contributed by atoms with E-state index in [0.717, 1.165) is 12.4 Å². The summed E-state index contributed by atoms with van der Waals surface area (Å²) in [6.07, 6.45) is 1.55. The topological polar surface area (TPSA) is 79.8 Å².